The smallest absolute Gasteiger partial charge is 0.233 e. The zero-order valence-electron chi connectivity index (χ0n) is 10.6. The van der Waals surface area contributed by atoms with E-state index in [0.29, 0.717) is 19.0 Å². The van der Waals surface area contributed by atoms with Crippen molar-refractivity contribution in [2.45, 2.75) is 25.8 Å². The van der Waals surface area contributed by atoms with E-state index in [2.05, 4.69) is 10.6 Å². The molecule has 1 fully saturated rings. The molecule has 2 rings (SSSR count). The third kappa shape index (κ3) is 3.72. The maximum absolute atomic E-state index is 11.5. The van der Waals surface area contributed by atoms with Gasteiger partial charge in [0.2, 0.25) is 5.91 Å². The third-order valence-corrected chi connectivity index (χ3v) is 3.43. The quantitative estimate of drug-likeness (QED) is 0.831. The summed E-state index contributed by atoms with van der Waals surface area (Å²) >= 11 is 5.90. The number of rotatable bonds is 6. The lowest BCUT2D eigenvalue weighted by Gasteiger charge is -2.18. The van der Waals surface area contributed by atoms with E-state index in [1.54, 1.807) is 0 Å². The standard InChI is InChI=1S/C14H19ClN2O/c1-2-16-13(18)9-17-14(10-3-4-10)11-5-7-12(15)8-6-11/h5-8,10,14,17H,2-4,9H2,1H3,(H,16,18). The highest BCUT2D eigenvalue weighted by molar-refractivity contribution is 6.30. The number of nitrogens with one attached hydrogen (secondary N) is 2. The second-order valence-corrected chi connectivity index (χ2v) is 5.14. The molecule has 1 aromatic rings. The summed E-state index contributed by atoms with van der Waals surface area (Å²) in [4.78, 5) is 11.5. The van der Waals surface area contributed by atoms with Crippen LogP contribution in [0.5, 0.6) is 0 Å². The SMILES string of the molecule is CCNC(=O)CNC(c1ccc(Cl)cc1)C1CC1. The van der Waals surface area contributed by atoms with E-state index in [0.717, 1.165) is 5.02 Å². The highest BCUT2D eigenvalue weighted by Gasteiger charge is 2.32. The van der Waals surface area contributed by atoms with Gasteiger partial charge in [0, 0.05) is 17.6 Å². The summed E-state index contributed by atoms with van der Waals surface area (Å²) < 4.78 is 0. The largest absolute Gasteiger partial charge is 0.355 e. The van der Waals surface area contributed by atoms with Crippen molar-refractivity contribution in [1.29, 1.82) is 0 Å². The second kappa shape index (κ2) is 6.21. The molecule has 0 bridgehead atoms. The fourth-order valence-corrected chi connectivity index (χ4v) is 2.24. The minimum atomic E-state index is 0.0529. The zero-order valence-corrected chi connectivity index (χ0v) is 11.3. The third-order valence-electron chi connectivity index (χ3n) is 3.18. The highest BCUT2D eigenvalue weighted by Crippen LogP contribution is 2.41. The first-order chi connectivity index (χ1) is 8.70. The molecule has 1 aliphatic carbocycles. The van der Waals surface area contributed by atoms with Crippen LogP contribution in [-0.4, -0.2) is 19.0 Å². The Kier molecular flexibility index (Phi) is 4.61. The first kappa shape index (κ1) is 13.4. The van der Waals surface area contributed by atoms with Crippen LogP contribution in [0.3, 0.4) is 0 Å². The van der Waals surface area contributed by atoms with E-state index >= 15 is 0 Å². The van der Waals surface area contributed by atoms with Crippen molar-refractivity contribution in [3.8, 4) is 0 Å². The number of carbonyl (C=O) groups excluding carboxylic acids is 1. The van der Waals surface area contributed by atoms with Crippen LogP contribution in [0.15, 0.2) is 24.3 Å². The van der Waals surface area contributed by atoms with Crippen LogP contribution in [0, 0.1) is 5.92 Å². The number of halogens is 1. The van der Waals surface area contributed by atoms with E-state index in [4.69, 9.17) is 11.6 Å². The van der Waals surface area contributed by atoms with Gasteiger partial charge >= 0.3 is 0 Å². The predicted molar refractivity (Wildman–Crippen MR) is 73.6 cm³/mol. The van der Waals surface area contributed by atoms with Gasteiger partial charge in [0.1, 0.15) is 0 Å². The van der Waals surface area contributed by atoms with Crippen LogP contribution >= 0.6 is 11.6 Å². The lowest BCUT2D eigenvalue weighted by atomic mass is 10.0. The number of hydrogen-bond acceptors (Lipinski definition) is 2. The van der Waals surface area contributed by atoms with Gasteiger partial charge in [-0.15, -0.1) is 0 Å². The molecule has 1 atom stereocenters. The molecule has 2 N–H and O–H groups in total. The van der Waals surface area contributed by atoms with Gasteiger partial charge in [0.15, 0.2) is 0 Å². The summed E-state index contributed by atoms with van der Waals surface area (Å²) in [6.45, 7) is 2.97. The van der Waals surface area contributed by atoms with Gasteiger partial charge in [-0.2, -0.15) is 0 Å². The molecule has 1 saturated carbocycles. The van der Waals surface area contributed by atoms with E-state index in [9.17, 15) is 4.79 Å². The number of amides is 1. The molecule has 1 amide bonds. The molecule has 4 heteroatoms. The highest BCUT2D eigenvalue weighted by atomic mass is 35.5. The molecule has 0 spiro atoms. The molecule has 98 valence electrons. The van der Waals surface area contributed by atoms with E-state index in [1.807, 2.05) is 31.2 Å². The molecule has 0 saturated heterocycles. The second-order valence-electron chi connectivity index (χ2n) is 4.70. The molecular formula is C14H19ClN2O. The average molecular weight is 267 g/mol. The normalized spacial score (nSPS) is 16.3. The molecule has 18 heavy (non-hydrogen) atoms. The topological polar surface area (TPSA) is 41.1 Å². The lowest BCUT2D eigenvalue weighted by Crippen LogP contribution is -2.36. The van der Waals surface area contributed by atoms with Gasteiger partial charge in [-0.25, -0.2) is 0 Å². The number of benzene rings is 1. The molecule has 3 nitrogen and oxygen atoms in total. The predicted octanol–water partition coefficient (Wildman–Crippen LogP) is 2.52. The molecule has 0 aromatic heterocycles. The molecule has 1 unspecified atom stereocenters. The Balaban J connectivity index is 1.96. The molecule has 1 aliphatic rings. The monoisotopic (exact) mass is 266 g/mol. The Labute approximate surface area is 113 Å². The Morgan fingerprint density at radius 2 is 2.06 bits per heavy atom. The Morgan fingerprint density at radius 1 is 1.39 bits per heavy atom. The summed E-state index contributed by atoms with van der Waals surface area (Å²) in [5.74, 6) is 0.706. The van der Waals surface area contributed by atoms with Crippen molar-refractivity contribution in [3.63, 3.8) is 0 Å². The maximum Gasteiger partial charge on any atom is 0.233 e. The van der Waals surface area contributed by atoms with Crippen molar-refractivity contribution < 1.29 is 4.79 Å². The minimum absolute atomic E-state index is 0.0529. The van der Waals surface area contributed by atoms with Crippen molar-refractivity contribution in [2.75, 3.05) is 13.1 Å². The fourth-order valence-electron chi connectivity index (χ4n) is 2.12. The van der Waals surface area contributed by atoms with Crippen LogP contribution in [-0.2, 0) is 4.79 Å². The van der Waals surface area contributed by atoms with Crippen LogP contribution in [0.4, 0.5) is 0 Å². The first-order valence-corrected chi connectivity index (χ1v) is 6.84. The van der Waals surface area contributed by atoms with Gasteiger partial charge in [0.05, 0.1) is 6.54 Å². The van der Waals surface area contributed by atoms with Gasteiger partial charge in [-0.1, -0.05) is 23.7 Å². The van der Waals surface area contributed by atoms with E-state index in [1.165, 1.54) is 18.4 Å². The molecule has 0 radical (unpaired) electrons. The summed E-state index contributed by atoms with van der Waals surface area (Å²) in [7, 11) is 0. The fraction of sp³-hybridized carbons (Fsp3) is 0.500. The summed E-state index contributed by atoms with van der Waals surface area (Å²) in [5.41, 5.74) is 1.21. The minimum Gasteiger partial charge on any atom is -0.355 e. The van der Waals surface area contributed by atoms with Gasteiger partial charge < -0.3 is 10.6 Å². The van der Waals surface area contributed by atoms with Crippen LogP contribution < -0.4 is 10.6 Å². The zero-order chi connectivity index (χ0) is 13.0. The summed E-state index contributed by atoms with van der Waals surface area (Å²) in [6.07, 6.45) is 2.46. The average Bonchev–Trinajstić information content (AvgIpc) is 3.16. The number of likely N-dealkylation sites (N-methyl/N-ethyl adjacent to an activating group) is 1. The van der Waals surface area contributed by atoms with E-state index < -0.39 is 0 Å². The van der Waals surface area contributed by atoms with Crippen LogP contribution in [0.1, 0.15) is 31.4 Å². The van der Waals surface area contributed by atoms with E-state index in [-0.39, 0.29) is 11.9 Å². The van der Waals surface area contributed by atoms with Crippen molar-refractivity contribution >= 4 is 17.5 Å². The summed E-state index contributed by atoms with van der Waals surface area (Å²) in [5, 5.41) is 6.89. The number of hydrogen-bond donors (Lipinski definition) is 2. The van der Waals surface area contributed by atoms with Gasteiger partial charge in [-0.3, -0.25) is 4.79 Å². The molecular weight excluding hydrogens is 248 g/mol. The Bertz CT molecular complexity index is 401. The number of carbonyl (C=O) groups is 1. The van der Waals surface area contributed by atoms with Gasteiger partial charge in [0.25, 0.3) is 0 Å². The molecule has 1 aromatic carbocycles. The Morgan fingerprint density at radius 3 is 2.61 bits per heavy atom. The van der Waals surface area contributed by atoms with Crippen LogP contribution in [0.25, 0.3) is 0 Å². The summed E-state index contributed by atoms with van der Waals surface area (Å²) in [6, 6.07) is 8.15. The van der Waals surface area contributed by atoms with Crippen molar-refractivity contribution in [1.82, 2.24) is 10.6 Å². The van der Waals surface area contributed by atoms with Crippen molar-refractivity contribution in [2.24, 2.45) is 5.92 Å². The van der Waals surface area contributed by atoms with Gasteiger partial charge in [-0.05, 0) is 43.4 Å². The van der Waals surface area contributed by atoms with Crippen LogP contribution in [0.2, 0.25) is 5.02 Å². The first-order valence-electron chi connectivity index (χ1n) is 6.46. The van der Waals surface area contributed by atoms with Crippen molar-refractivity contribution in [3.05, 3.63) is 34.9 Å². The molecule has 0 heterocycles. The Hall–Kier alpha value is -1.06. The lowest BCUT2D eigenvalue weighted by molar-refractivity contribution is -0.120. The molecule has 0 aliphatic heterocycles. The maximum atomic E-state index is 11.5.